The van der Waals surface area contributed by atoms with Gasteiger partial charge in [-0.15, -0.1) is 0 Å². The smallest absolute Gasteiger partial charge is 0.209 e. The molecule has 0 aliphatic heterocycles. The Bertz CT molecular complexity index is 549. The predicted octanol–water partition coefficient (Wildman–Crippen LogP) is 3.09. The largest absolute Gasteiger partial charge is 0.439 e. The number of benzene rings is 1. The van der Waals surface area contributed by atoms with Crippen LogP contribution in [0.3, 0.4) is 0 Å². The normalized spacial score (nSPS) is 11.3. The number of methoxy groups -OCH3 is 2. The topological polar surface area (TPSA) is 47.7 Å². The zero-order valence-electron chi connectivity index (χ0n) is 12.9. The lowest BCUT2D eigenvalue weighted by molar-refractivity contribution is 0.105. The van der Waals surface area contributed by atoms with E-state index >= 15 is 0 Å². The van der Waals surface area contributed by atoms with Gasteiger partial charge in [0.1, 0.15) is 0 Å². The highest BCUT2D eigenvalue weighted by Gasteiger charge is 2.11. The number of hydrogen-bond acceptors (Lipinski definition) is 5. The van der Waals surface area contributed by atoms with Crippen LogP contribution in [0.25, 0.3) is 11.3 Å². The summed E-state index contributed by atoms with van der Waals surface area (Å²) in [6.07, 6.45) is 1.74. The van der Waals surface area contributed by atoms with Crippen LogP contribution in [-0.2, 0) is 16.0 Å². The van der Waals surface area contributed by atoms with E-state index in [4.69, 9.17) is 25.5 Å². The Labute approximate surface area is 135 Å². The average Bonchev–Trinajstić information content (AvgIpc) is 2.99. The molecule has 5 nitrogen and oxygen atoms in total. The summed E-state index contributed by atoms with van der Waals surface area (Å²) in [6.45, 7) is 3.56. The molecule has 0 aliphatic carbocycles. The molecule has 0 fully saturated rings. The van der Waals surface area contributed by atoms with Crippen molar-refractivity contribution < 1.29 is 13.9 Å². The molecule has 6 heteroatoms. The Hall–Kier alpha value is -1.40. The van der Waals surface area contributed by atoms with Gasteiger partial charge in [-0.05, 0) is 24.3 Å². The van der Waals surface area contributed by atoms with Gasteiger partial charge in [-0.2, -0.15) is 0 Å². The van der Waals surface area contributed by atoms with E-state index in [0.717, 1.165) is 24.4 Å². The molecule has 1 aromatic heterocycles. The molecular formula is C16H21ClN2O3. The first kappa shape index (κ1) is 17.0. The van der Waals surface area contributed by atoms with Gasteiger partial charge in [-0.1, -0.05) is 11.6 Å². The van der Waals surface area contributed by atoms with Crippen LogP contribution in [0, 0.1) is 0 Å². The fraction of sp³-hybridized carbons (Fsp3) is 0.438. The quantitative estimate of drug-likeness (QED) is 0.709. The van der Waals surface area contributed by atoms with Crippen LogP contribution in [0.5, 0.6) is 0 Å². The van der Waals surface area contributed by atoms with Crippen molar-refractivity contribution in [2.24, 2.45) is 0 Å². The lowest BCUT2D eigenvalue weighted by atomic mass is 10.2. The minimum Gasteiger partial charge on any atom is -0.439 e. The molecule has 0 amide bonds. The summed E-state index contributed by atoms with van der Waals surface area (Å²) in [4.78, 5) is 6.53. The Morgan fingerprint density at radius 3 is 2.32 bits per heavy atom. The second kappa shape index (κ2) is 8.90. The molecule has 120 valence electrons. The predicted molar refractivity (Wildman–Crippen MR) is 86.0 cm³/mol. The van der Waals surface area contributed by atoms with Gasteiger partial charge in [0.15, 0.2) is 5.76 Å². The van der Waals surface area contributed by atoms with Crippen molar-refractivity contribution in [3.63, 3.8) is 0 Å². The monoisotopic (exact) mass is 324 g/mol. The van der Waals surface area contributed by atoms with Crippen LogP contribution in [-0.4, -0.2) is 50.4 Å². The molecule has 0 saturated carbocycles. The molecule has 0 spiro atoms. The van der Waals surface area contributed by atoms with Crippen molar-refractivity contribution in [3.8, 4) is 11.3 Å². The van der Waals surface area contributed by atoms with E-state index in [9.17, 15) is 0 Å². The van der Waals surface area contributed by atoms with Crippen LogP contribution in [0.4, 0.5) is 0 Å². The van der Waals surface area contributed by atoms with Gasteiger partial charge in [-0.3, -0.25) is 4.90 Å². The third-order valence-corrected chi connectivity index (χ3v) is 3.52. The Morgan fingerprint density at radius 1 is 1.09 bits per heavy atom. The third-order valence-electron chi connectivity index (χ3n) is 3.26. The van der Waals surface area contributed by atoms with Gasteiger partial charge >= 0.3 is 0 Å². The molecule has 0 radical (unpaired) electrons. The summed E-state index contributed by atoms with van der Waals surface area (Å²) in [5.74, 6) is 1.42. The first-order chi connectivity index (χ1) is 10.7. The van der Waals surface area contributed by atoms with E-state index in [1.165, 1.54) is 0 Å². The molecule has 1 heterocycles. The molecule has 2 aromatic rings. The molecule has 0 aliphatic rings. The van der Waals surface area contributed by atoms with Crippen LogP contribution in [0.1, 0.15) is 5.89 Å². The van der Waals surface area contributed by atoms with Crippen LogP contribution in [0.15, 0.2) is 34.9 Å². The van der Waals surface area contributed by atoms with E-state index in [-0.39, 0.29) is 0 Å². The number of nitrogens with zero attached hydrogens (tertiary/aromatic N) is 2. The number of hydrogen-bond donors (Lipinski definition) is 0. The van der Waals surface area contributed by atoms with E-state index in [1.807, 2.05) is 24.3 Å². The first-order valence-electron chi connectivity index (χ1n) is 7.14. The van der Waals surface area contributed by atoms with E-state index in [1.54, 1.807) is 20.4 Å². The molecule has 0 bridgehead atoms. The Kier molecular flexibility index (Phi) is 6.86. The van der Waals surface area contributed by atoms with Gasteiger partial charge in [0.2, 0.25) is 5.89 Å². The zero-order chi connectivity index (χ0) is 15.8. The number of rotatable bonds is 9. The van der Waals surface area contributed by atoms with Crippen molar-refractivity contribution in [1.82, 2.24) is 9.88 Å². The summed E-state index contributed by atoms with van der Waals surface area (Å²) >= 11 is 5.89. The van der Waals surface area contributed by atoms with Gasteiger partial charge in [-0.25, -0.2) is 4.98 Å². The standard InChI is InChI=1S/C16H21ClN2O3/c1-20-9-7-19(8-10-21-2)12-16-18-11-15(22-16)13-3-5-14(17)6-4-13/h3-6,11H,7-10,12H2,1-2H3. The van der Waals surface area contributed by atoms with E-state index < -0.39 is 0 Å². The van der Waals surface area contributed by atoms with Gasteiger partial charge in [0, 0.05) is 37.9 Å². The van der Waals surface area contributed by atoms with Crippen LogP contribution >= 0.6 is 11.6 Å². The SMILES string of the molecule is COCCN(CCOC)Cc1ncc(-c2ccc(Cl)cc2)o1. The Balaban J connectivity index is 2.00. The van der Waals surface area contributed by atoms with Crippen LogP contribution < -0.4 is 0 Å². The molecule has 0 atom stereocenters. The Morgan fingerprint density at radius 2 is 1.73 bits per heavy atom. The molecule has 2 rings (SSSR count). The summed E-state index contributed by atoms with van der Waals surface area (Å²) in [6, 6.07) is 7.51. The zero-order valence-corrected chi connectivity index (χ0v) is 13.7. The van der Waals surface area contributed by atoms with Gasteiger partial charge in [0.25, 0.3) is 0 Å². The van der Waals surface area contributed by atoms with Gasteiger partial charge in [0.05, 0.1) is 26.0 Å². The second-order valence-electron chi connectivity index (χ2n) is 4.89. The first-order valence-corrected chi connectivity index (χ1v) is 7.51. The highest BCUT2D eigenvalue weighted by atomic mass is 35.5. The summed E-state index contributed by atoms with van der Waals surface area (Å²) in [5.41, 5.74) is 0.962. The highest BCUT2D eigenvalue weighted by Crippen LogP contribution is 2.22. The summed E-state index contributed by atoms with van der Waals surface area (Å²) in [5, 5.41) is 0.703. The van der Waals surface area contributed by atoms with Crippen molar-refractivity contribution in [3.05, 3.63) is 41.4 Å². The van der Waals surface area contributed by atoms with E-state index in [2.05, 4.69) is 9.88 Å². The minimum atomic E-state index is 0.625. The van der Waals surface area contributed by atoms with Crippen LogP contribution in [0.2, 0.25) is 5.02 Å². The number of aromatic nitrogens is 1. The number of ether oxygens (including phenoxy) is 2. The molecule has 1 aromatic carbocycles. The second-order valence-corrected chi connectivity index (χ2v) is 5.32. The lowest BCUT2D eigenvalue weighted by Crippen LogP contribution is -2.30. The molecule has 0 saturated heterocycles. The molecule has 22 heavy (non-hydrogen) atoms. The fourth-order valence-electron chi connectivity index (χ4n) is 2.03. The average molecular weight is 325 g/mol. The number of oxazole rings is 1. The summed E-state index contributed by atoms with van der Waals surface area (Å²) in [7, 11) is 3.39. The maximum atomic E-state index is 5.89. The molecule has 0 N–H and O–H groups in total. The lowest BCUT2D eigenvalue weighted by Gasteiger charge is -2.19. The maximum absolute atomic E-state index is 5.89. The van der Waals surface area contributed by atoms with Crippen molar-refractivity contribution >= 4 is 11.6 Å². The highest BCUT2D eigenvalue weighted by molar-refractivity contribution is 6.30. The summed E-state index contributed by atoms with van der Waals surface area (Å²) < 4.78 is 16.1. The minimum absolute atomic E-state index is 0.625. The third kappa shape index (κ3) is 5.10. The van der Waals surface area contributed by atoms with Crippen molar-refractivity contribution in [1.29, 1.82) is 0 Å². The van der Waals surface area contributed by atoms with E-state index in [0.29, 0.717) is 30.7 Å². The number of halogens is 1. The van der Waals surface area contributed by atoms with Crippen molar-refractivity contribution in [2.75, 3.05) is 40.5 Å². The maximum Gasteiger partial charge on any atom is 0.209 e. The van der Waals surface area contributed by atoms with Gasteiger partial charge < -0.3 is 13.9 Å². The fourth-order valence-corrected chi connectivity index (χ4v) is 2.16. The molecular weight excluding hydrogens is 304 g/mol. The van der Waals surface area contributed by atoms with Crippen molar-refractivity contribution in [2.45, 2.75) is 6.54 Å². The molecule has 0 unspecified atom stereocenters.